The molecule has 0 radical (unpaired) electrons. The van der Waals surface area contributed by atoms with Crippen LogP contribution >= 0.6 is 0 Å². The van der Waals surface area contributed by atoms with Crippen molar-refractivity contribution >= 4 is 85.7 Å². The minimum absolute atomic E-state index is 0.221. The van der Waals surface area contributed by atoms with Gasteiger partial charge in [0, 0.05) is 74.5 Å². The molecule has 0 amide bonds. The normalized spacial score (nSPS) is 12.0. The van der Waals surface area contributed by atoms with E-state index in [4.69, 9.17) is 0 Å². The highest BCUT2D eigenvalue weighted by atomic mass is 15.2. The lowest BCUT2D eigenvalue weighted by molar-refractivity contribution is 0.590. The SMILES string of the molecule is CC(C)(C)c1cc2c3c(c1)N(c1c(-c4ccccc4)cccc1-c1cccc(-c4cccc(-c5ccccc5)c4)c1)c1cc(N(c4ccccc4)c4ccccc4)ccc1B3c1ccc(N(c3ccccc3)c3ccccc3)cc1N2CCc1c(-c2ccccc2)cccc1-c1cccc(-c2cccc(-c3ccccc3)c2)c1. The van der Waals surface area contributed by atoms with Crippen LogP contribution < -0.4 is 36.0 Å². The smallest absolute Gasteiger partial charge is 0.252 e. The molecule has 0 fully saturated rings. The summed E-state index contributed by atoms with van der Waals surface area (Å²) in [6.45, 7) is 7.60. The third-order valence-electron chi connectivity index (χ3n) is 22.7. The number of hydrogen-bond donors (Lipinski definition) is 0. The molecular weight excluding hydrogens is 1360 g/mol. The Balaban J connectivity index is 0.870. The van der Waals surface area contributed by atoms with E-state index in [1.165, 1.54) is 94.5 Å². The Labute approximate surface area is 664 Å². The Morgan fingerprint density at radius 3 is 0.991 bits per heavy atom. The van der Waals surface area contributed by atoms with Gasteiger partial charge in [-0.05, 0) is 226 Å². The molecule has 5 heteroatoms. The maximum atomic E-state index is 2.73. The summed E-state index contributed by atoms with van der Waals surface area (Å²) in [7, 11) is 0. The number of anilines is 11. The van der Waals surface area contributed by atoms with E-state index in [9.17, 15) is 0 Å². The fourth-order valence-electron chi connectivity index (χ4n) is 17.3. The molecule has 0 aliphatic carbocycles. The van der Waals surface area contributed by atoms with Crippen molar-refractivity contribution in [2.45, 2.75) is 32.6 Å². The molecular formula is C108H83BN4. The fraction of sp³-hybridized carbons (Fsp3) is 0.0556. The summed E-state index contributed by atoms with van der Waals surface area (Å²) in [5.41, 5.74) is 36.9. The van der Waals surface area contributed by atoms with Crippen LogP contribution in [0.3, 0.4) is 0 Å². The van der Waals surface area contributed by atoms with E-state index in [1.54, 1.807) is 0 Å². The van der Waals surface area contributed by atoms with Gasteiger partial charge < -0.3 is 19.6 Å². The molecule has 19 rings (SSSR count). The summed E-state index contributed by atoms with van der Waals surface area (Å²) in [5.74, 6) is 0. The van der Waals surface area contributed by atoms with Gasteiger partial charge in [0.1, 0.15) is 0 Å². The predicted molar refractivity (Wildman–Crippen MR) is 481 cm³/mol. The van der Waals surface area contributed by atoms with E-state index < -0.39 is 0 Å². The minimum atomic E-state index is -0.319. The zero-order valence-electron chi connectivity index (χ0n) is 63.7. The van der Waals surface area contributed by atoms with Crippen molar-refractivity contribution in [3.05, 3.63) is 436 Å². The second kappa shape index (κ2) is 30.1. The average Bonchev–Trinajstić information content (AvgIpc) is 0.691. The van der Waals surface area contributed by atoms with Gasteiger partial charge in [0.25, 0.3) is 6.71 Å². The van der Waals surface area contributed by atoms with Crippen molar-refractivity contribution in [3.8, 4) is 89.0 Å². The van der Waals surface area contributed by atoms with Crippen molar-refractivity contribution in [1.29, 1.82) is 0 Å². The Hall–Kier alpha value is -14.0. The first kappa shape index (κ1) is 69.5. The van der Waals surface area contributed by atoms with Crippen LogP contribution in [-0.4, -0.2) is 13.3 Å². The molecule has 17 aromatic rings. The highest BCUT2D eigenvalue weighted by Crippen LogP contribution is 2.53. The van der Waals surface area contributed by atoms with Crippen LogP contribution in [-0.2, 0) is 11.8 Å². The second-order valence-corrected chi connectivity index (χ2v) is 30.7. The number of benzene rings is 17. The summed E-state index contributed by atoms with van der Waals surface area (Å²) in [6, 6.07) is 157. The number of nitrogens with zero attached hydrogens (tertiary/aromatic N) is 4. The van der Waals surface area contributed by atoms with Gasteiger partial charge in [0.15, 0.2) is 0 Å². The van der Waals surface area contributed by atoms with E-state index in [0.717, 1.165) is 84.6 Å². The molecule has 0 N–H and O–H groups in total. The molecule has 0 aromatic heterocycles. The molecule has 0 saturated carbocycles. The third-order valence-corrected chi connectivity index (χ3v) is 22.7. The van der Waals surface area contributed by atoms with Crippen molar-refractivity contribution in [2.24, 2.45) is 0 Å². The summed E-state index contributed by atoms with van der Waals surface area (Å²) < 4.78 is 0. The molecule has 2 aliphatic heterocycles. The molecule has 538 valence electrons. The summed E-state index contributed by atoms with van der Waals surface area (Å²) in [4.78, 5) is 10.3. The maximum Gasteiger partial charge on any atom is 0.252 e. The van der Waals surface area contributed by atoms with Crippen LogP contribution in [0.15, 0.2) is 425 Å². The molecule has 0 saturated heterocycles. The van der Waals surface area contributed by atoms with Crippen molar-refractivity contribution in [1.82, 2.24) is 0 Å². The van der Waals surface area contributed by atoms with Crippen LogP contribution in [0.2, 0.25) is 0 Å². The Morgan fingerprint density at radius 1 is 0.248 bits per heavy atom. The number of rotatable bonds is 18. The van der Waals surface area contributed by atoms with E-state index in [0.29, 0.717) is 13.0 Å². The Bertz CT molecular complexity index is 6210. The van der Waals surface area contributed by atoms with Gasteiger partial charge in [-0.2, -0.15) is 0 Å². The van der Waals surface area contributed by atoms with Gasteiger partial charge in [-0.3, -0.25) is 0 Å². The summed E-state index contributed by atoms with van der Waals surface area (Å²) in [6.07, 6.45) is 0.710. The van der Waals surface area contributed by atoms with Crippen LogP contribution in [0.1, 0.15) is 31.9 Å². The molecule has 0 spiro atoms. The van der Waals surface area contributed by atoms with Gasteiger partial charge in [0.05, 0.1) is 5.69 Å². The number of para-hydroxylation sites is 5. The van der Waals surface area contributed by atoms with E-state index in [2.05, 4.69) is 465 Å². The molecule has 17 aromatic carbocycles. The van der Waals surface area contributed by atoms with Crippen LogP contribution in [0, 0.1) is 0 Å². The van der Waals surface area contributed by atoms with Crippen LogP contribution in [0.5, 0.6) is 0 Å². The van der Waals surface area contributed by atoms with Gasteiger partial charge in [-0.1, -0.05) is 336 Å². The van der Waals surface area contributed by atoms with E-state index in [-0.39, 0.29) is 12.1 Å². The van der Waals surface area contributed by atoms with Crippen molar-refractivity contribution < 1.29 is 0 Å². The molecule has 0 bridgehead atoms. The number of hydrogen-bond acceptors (Lipinski definition) is 4. The quantitative estimate of drug-likeness (QED) is 0.0794. The summed E-state index contributed by atoms with van der Waals surface area (Å²) >= 11 is 0. The first-order chi connectivity index (χ1) is 55.7. The summed E-state index contributed by atoms with van der Waals surface area (Å²) in [5, 5.41) is 0. The lowest BCUT2D eigenvalue weighted by Crippen LogP contribution is -2.62. The fourth-order valence-corrected chi connectivity index (χ4v) is 17.3. The van der Waals surface area contributed by atoms with Gasteiger partial charge >= 0.3 is 0 Å². The van der Waals surface area contributed by atoms with Crippen LogP contribution in [0.25, 0.3) is 89.0 Å². The molecule has 0 atom stereocenters. The monoisotopic (exact) mass is 1450 g/mol. The zero-order chi connectivity index (χ0) is 75.8. The van der Waals surface area contributed by atoms with Crippen LogP contribution in [0.4, 0.5) is 62.6 Å². The van der Waals surface area contributed by atoms with Crippen molar-refractivity contribution in [2.75, 3.05) is 26.1 Å². The van der Waals surface area contributed by atoms with Gasteiger partial charge in [0.2, 0.25) is 0 Å². The highest BCUT2D eigenvalue weighted by molar-refractivity contribution is 7.00. The van der Waals surface area contributed by atoms with E-state index >= 15 is 0 Å². The molecule has 4 nitrogen and oxygen atoms in total. The molecule has 0 unspecified atom stereocenters. The Kier molecular flexibility index (Phi) is 18.5. The maximum absolute atomic E-state index is 2.73. The van der Waals surface area contributed by atoms with Crippen molar-refractivity contribution in [3.63, 3.8) is 0 Å². The van der Waals surface area contributed by atoms with Gasteiger partial charge in [-0.15, -0.1) is 0 Å². The lowest BCUT2D eigenvalue weighted by atomic mass is 9.33. The third kappa shape index (κ3) is 13.5. The highest BCUT2D eigenvalue weighted by Gasteiger charge is 2.45. The largest absolute Gasteiger partial charge is 0.342 e. The molecule has 2 heterocycles. The lowest BCUT2D eigenvalue weighted by Gasteiger charge is -2.46. The first-order valence-corrected chi connectivity index (χ1v) is 39.4. The van der Waals surface area contributed by atoms with E-state index in [1.807, 2.05) is 0 Å². The molecule has 113 heavy (non-hydrogen) atoms. The second-order valence-electron chi connectivity index (χ2n) is 30.7. The first-order valence-electron chi connectivity index (χ1n) is 39.4. The molecule has 2 aliphatic rings. The standard InChI is InChI=1S/C108H83BN4/c1-108(2,3)88-72-104-106-105(73-88)113(107-97(79-40-18-7-19-41-79)60-33-61-98(107)87-49-31-47-85(71-87)83-45-29-43-81(69-83)77-36-14-5-15-37-77)103-75-94(112(91-54-24-10-25-55-91)92-56-26-11-27-57-92)63-65-101(103)109(106)100-64-62-93(111(89-50-20-8-21-51-89)90-52-22-9-23-53-90)74-102(100)110(104)67-66-99-95(78-38-16-6-17-39-78)58-32-59-96(99)86-48-30-46-84(70-86)82-44-28-42-80(68-82)76-34-12-4-13-35-76/h4-65,68-75H,66-67H2,1-3H3. The average molecular weight is 1450 g/mol. The minimum Gasteiger partial charge on any atom is -0.342 e. The Morgan fingerprint density at radius 2 is 0.558 bits per heavy atom. The number of fused-ring (bicyclic) bond motifs is 4. The van der Waals surface area contributed by atoms with Gasteiger partial charge in [-0.25, -0.2) is 0 Å². The zero-order valence-corrected chi connectivity index (χ0v) is 63.7. The topological polar surface area (TPSA) is 13.0 Å². The predicted octanol–water partition coefficient (Wildman–Crippen LogP) is 27.3.